The summed E-state index contributed by atoms with van der Waals surface area (Å²) in [6, 6.07) is 5.42. The fourth-order valence-electron chi connectivity index (χ4n) is 0.608. The number of hydrogen-bond acceptors (Lipinski definition) is 4. The molecular formula is C6H4ClNaO4S. The van der Waals surface area contributed by atoms with Gasteiger partial charge in [0, 0.05) is 5.02 Å². The quantitative estimate of drug-likeness (QED) is 0.341. The summed E-state index contributed by atoms with van der Waals surface area (Å²) >= 11 is 5.50. The Labute approximate surface area is 103 Å². The first-order valence-electron chi connectivity index (χ1n) is 2.88. The van der Waals surface area contributed by atoms with Gasteiger partial charge in [-0.3, -0.25) is 0 Å². The van der Waals surface area contributed by atoms with Crippen LogP contribution in [0.2, 0.25) is 5.02 Å². The van der Waals surface area contributed by atoms with Crippen LogP contribution in [-0.4, -0.2) is 13.0 Å². The van der Waals surface area contributed by atoms with Gasteiger partial charge in [-0.05, 0) is 24.3 Å². The van der Waals surface area contributed by atoms with Crippen LogP contribution < -0.4 is 33.7 Å². The molecule has 0 atom stereocenters. The molecule has 0 aromatic heterocycles. The minimum atomic E-state index is -4.68. The molecule has 7 heteroatoms. The molecule has 1 rings (SSSR count). The van der Waals surface area contributed by atoms with Crippen molar-refractivity contribution in [2.24, 2.45) is 0 Å². The van der Waals surface area contributed by atoms with E-state index < -0.39 is 10.4 Å². The van der Waals surface area contributed by atoms with Crippen molar-refractivity contribution in [3.63, 3.8) is 0 Å². The molecular weight excluding hydrogens is 227 g/mol. The van der Waals surface area contributed by atoms with Gasteiger partial charge in [-0.25, -0.2) is 8.42 Å². The minimum absolute atomic E-state index is 0. The fourth-order valence-corrected chi connectivity index (χ4v) is 1.08. The molecule has 0 aliphatic carbocycles. The Bertz CT molecular complexity index is 361. The first kappa shape index (κ1) is 13.2. The molecule has 0 aliphatic heterocycles. The average Bonchev–Trinajstić information content (AvgIpc) is 1.91. The van der Waals surface area contributed by atoms with Crippen LogP contribution in [0.3, 0.4) is 0 Å². The maximum atomic E-state index is 10.1. The second kappa shape index (κ2) is 5.19. The van der Waals surface area contributed by atoms with Crippen LogP contribution in [0, 0.1) is 0 Å². The maximum Gasteiger partial charge on any atom is 1.00 e. The normalized spacial score (nSPS) is 10.3. The smallest absolute Gasteiger partial charge is 0.716 e. The predicted octanol–water partition coefficient (Wildman–Crippen LogP) is -1.82. The van der Waals surface area contributed by atoms with E-state index in [9.17, 15) is 13.0 Å². The van der Waals surface area contributed by atoms with Gasteiger partial charge in [-0.1, -0.05) is 11.6 Å². The standard InChI is InChI=1S/C6H5ClO4S.Na/c7-5-1-3-6(4-2-5)11-12(8,9)10;/h1-4H,(H,8,9,10);/q;+1/p-1. The Kier molecular flexibility index (Phi) is 5.28. The monoisotopic (exact) mass is 230 g/mol. The van der Waals surface area contributed by atoms with Gasteiger partial charge in [0.1, 0.15) is 5.75 Å². The molecule has 0 saturated heterocycles. The first-order chi connectivity index (χ1) is 5.47. The van der Waals surface area contributed by atoms with Gasteiger partial charge in [0.15, 0.2) is 0 Å². The Morgan fingerprint density at radius 1 is 1.23 bits per heavy atom. The Hall–Kier alpha value is 0.220. The molecule has 1 aromatic rings. The van der Waals surface area contributed by atoms with E-state index in [4.69, 9.17) is 11.6 Å². The molecule has 4 nitrogen and oxygen atoms in total. The minimum Gasteiger partial charge on any atom is -0.716 e. The van der Waals surface area contributed by atoms with Crippen molar-refractivity contribution in [3.8, 4) is 5.75 Å². The molecule has 1 aromatic carbocycles. The van der Waals surface area contributed by atoms with Crippen molar-refractivity contribution in [2.45, 2.75) is 0 Å². The van der Waals surface area contributed by atoms with Gasteiger partial charge < -0.3 is 8.74 Å². The van der Waals surface area contributed by atoms with Crippen molar-refractivity contribution in [1.82, 2.24) is 0 Å². The number of benzene rings is 1. The molecule has 0 radical (unpaired) electrons. The van der Waals surface area contributed by atoms with Gasteiger partial charge >= 0.3 is 29.6 Å². The molecule has 66 valence electrons. The molecule has 0 heterocycles. The maximum absolute atomic E-state index is 10.1. The second-order valence-electron chi connectivity index (χ2n) is 1.95. The Morgan fingerprint density at radius 2 is 1.69 bits per heavy atom. The van der Waals surface area contributed by atoms with Crippen molar-refractivity contribution < 1.29 is 46.7 Å². The Morgan fingerprint density at radius 3 is 2.08 bits per heavy atom. The van der Waals surface area contributed by atoms with Crippen molar-refractivity contribution in [2.75, 3.05) is 0 Å². The van der Waals surface area contributed by atoms with Crippen molar-refractivity contribution >= 4 is 22.0 Å². The fraction of sp³-hybridized carbons (Fsp3) is 0. The summed E-state index contributed by atoms with van der Waals surface area (Å²) in [5.41, 5.74) is 0. The van der Waals surface area contributed by atoms with E-state index in [1.165, 1.54) is 24.3 Å². The summed E-state index contributed by atoms with van der Waals surface area (Å²) in [5.74, 6) is -0.0469. The van der Waals surface area contributed by atoms with Gasteiger partial charge in [0.25, 0.3) is 10.4 Å². The van der Waals surface area contributed by atoms with Gasteiger partial charge in [-0.2, -0.15) is 0 Å². The molecule has 0 saturated carbocycles. The van der Waals surface area contributed by atoms with Crippen LogP contribution in [-0.2, 0) is 10.4 Å². The van der Waals surface area contributed by atoms with Crippen molar-refractivity contribution in [3.05, 3.63) is 29.3 Å². The summed E-state index contributed by atoms with van der Waals surface area (Å²) in [6.07, 6.45) is 0. The molecule has 13 heavy (non-hydrogen) atoms. The number of halogens is 1. The SMILES string of the molecule is O=S(=O)([O-])Oc1ccc(Cl)cc1.[Na+]. The molecule has 0 aliphatic rings. The summed E-state index contributed by atoms with van der Waals surface area (Å²) < 4.78 is 34.2. The summed E-state index contributed by atoms with van der Waals surface area (Å²) in [5, 5.41) is 0.436. The van der Waals surface area contributed by atoms with E-state index in [-0.39, 0.29) is 35.3 Å². The van der Waals surface area contributed by atoms with Crippen molar-refractivity contribution in [1.29, 1.82) is 0 Å². The topological polar surface area (TPSA) is 66.4 Å². The second-order valence-corrected chi connectivity index (χ2v) is 3.37. The third-order valence-corrected chi connectivity index (χ3v) is 1.66. The molecule has 0 bridgehead atoms. The summed E-state index contributed by atoms with van der Waals surface area (Å²) in [4.78, 5) is 0. The molecule has 0 N–H and O–H groups in total. The Balaban J connectivity index is 0.00000144. The third kappa shape index (κ3) is 5.51. The zero-order valence-corrected chi connectivity index (χ0v) is 10.3. The van der Waals surface area contributed by atoms with Crippen LogP contribution >= 0.6 is 11.6 Å². The molecule has 0 spiro atoms. The van der Waals surface area contributed by atoms with E-state index in [0.717, 1.165) is 0 Å². The predicted molar refractivity (Wildman–Crippen MR) is 41.8 cm³/mol. The third-order valence-electron chi connectivity index (χ3n) is 1.01. The molecule has 0 amide bonds. The van der Waals surface area contributed by atoms with E-state index in [1.54, 1.807) is 0 Å². The van der Waals surface area contributed by atoms with E-state index >= 15 is 0 Å². The average molecular weight is 231 g/mol. The molecule has 0 unspecified atom stereocenters. The zero-order valence-electron chi connectivity index (χ0n) is 6.73. The van der Waals surface area contributed by atoms with Gasteiger partial charge in [0.2, 0.25) is 0 Å². The zero-order chi connectivity index (χ0) is 9.19. The summed E-state index contributed by atoms with van der Waals surface area (Å²) in [7, 11) is -4.68. The van der Waals surface area contributed by atoms with E-state index in [0.29, 0.717) is 5.02 Å². The van der Waals surface area contributed by atoms with Crippen LogP contribution in [0.15, 0.2) is 24.3 Å². The first-order valence-corrected chi connectivity index (χ1v) is 4.59. The van der Waals surface area contributed by atoms with Gasteiger partial charge in [0.05, 0.1) is 0 Å². The number of hydrogen-bond donors (Lipinski definition) is 0. The van der Waals surface area contributed by atoms with E-state index in [1.807, 2.05) is 0 Å². The van der Waals surface area contributed by atoms with Crippen LogP contribution in [0.25, 0.3) is 0 Å². The van der Waals surface area contributed by atoms with Crippen LogP contribution in [0.4, 0.5) is 0 Å². The molecule has 0 fully saturated rings. The number of rotatable bonds is 2. The van der Waals surface area contributed by atoms with Gasteiger partial charge in [-0.15, -0.1) is 0 Å². The van der Waals surface area contributed by atoms with Crippen LogP contribution in [0.1, 0.15) is 0 Å². The van der Waals surface area contributed by atoms with E-state index in [2.05, 4.69) is 4.18 Å². The van der Waals surface area contributed by atoms with Crippen LogP contribution in [0.5, 0.6) is 5.75 Å². The largest absolute Gasteiger partial charge is 1.00 e. The summed E-state index contributed by atoms with van der Waals surface area (Å²) in [6.45, 7) is 0.